The van der Waals surface area contributed by atoms with Crippen LogP contribution in [0.2, 0.25) is 0 Å². The molecule has 1 unspecified atom stereocenters. The summed E-state index contributed by atoms with van der Waals surface area (Å²) in [6, 6.07) is 1.46. The van der Waals surface area contributed by atoms with Crippen LogP contribution in [0.3, 0.4) is 0 Å². The van der Waals surface area contributed by atoms with E-state index in [1.807, 2.05) is 7.05 Å². The second kappa shape index (κ2) is 5.96. The zero-order valence-corrected chi connectivity index (χ0v) is 10.6. The Morgan fingerprint density at radius 3 is 2.44 bits per heavy atom. The Kier molecular flexibility index (Phi) is 4.58. The molecule has 1 aliphatic heterocycles. The van der Waals surface area contributed by atoms with Gasteiger partial charge in [0.2, 0.25) is 0 Å². The monoisotopic (exact) mass is 227 g/mol. The van der Waals surface area contributed by atoms with Gasteiger partial charge < -0.3 is 10.1 Å². The maximum absolute atomic E-state index is 5.30. The van der Waals surface area contributed by atoms with Crippen LogP contribution in [0.4, 0.5) is 0 Å². The first-order valence-corrected chi connectivity index (χ1v) is 6.46. The van der Waals surface area contributed by atoms with Crippen molar-refractivity contribution in [1.29, 1.82) is 0 Å². The maximum Gasteiger partial charge on any atom is 0.0630 e. The molecule has 2 rings (SSSR count). The first-order valence-electron chi connectivity index (χ1n) is 6.46. The molecule has 0 bridgehead atoms. The molecule has 4 nitrogen and oxygen atoms in total. The van der Waals surface area contributed by atoms with Crippen molar-refractivity contribution in [3.05, 3.63) is 0 Å². The van der Waals surface area contributed by atoms with Gasteiger partial charge in [0.25, 0.3) is 0 Å². The highest BCUT2D eigenvalue weighted by atomic mass is 16.5. The molecule has 0 radical (unpaired) electrons. The van der Waals surface area contributed by atoms with Gasteiger partial charge in [-0.3, -0.25) is 9.80 Å². The SMILES string of the molecule is CNCC(COC)N1CCN(C2CC2)CC1. The number of hydrogen-bond donors (Lipinski definition) is 1. The first-order chi connectivity index (χ1) is 7.85. The lowest BCUT2D eigenvalue weighted by atomic mass is 10.2. The van der Waals surface area contributed by atoms with Gasteiger partial charge in [-0.2, -0.15) is 0 Å². The number of methoxy groups -OCH3 is 1. The lowest BCUT2D eigenvalue weighted by molar-refractivity contribution is 0.0480. The fraction of sp³-hybridized carbons (Fsp3) is 1.00. The van der Waals surface area contributed by atoms with Gasteiger partial charge in [-0.15, -0.1) is 0 Å². The minimum Gasteiger partial charge on any atom is -0.383 e. The zero-order chi connectivity index (χ0) is 11.4. The van der Waals surface area contributed by atoms with E-state index < -0.39 is 0 Å². The number of ether oxygens (including phenoxy) is 1. The van der Waals surface area contributed by atoms with Crippen molar-refractivity contribution >= 4 is 0 Å². The number of piperazine rings is 1. The van der Waals surface area contributed by atoms with E-state index in [9.17, 15) is 0 Å². The second-order valence-electron chi connectivity index (χ2n) is 4.97. The van der Waals surface area contributed by atoms with Crippen LogP contribution in [-0.4, -0.2) is 75.4 Å². The Bertz CT molecular complexity index is 194. The van der Waals surface area contributed by atoms with E-state index >= 15 is 0 Å². The van der Waals surface area contributed by atoms with Gasteiger partial charge in [0.15, 0.2) is 0 Å². The quantitative estimate of drug-likeness (QED) is 0.691. The average molecular weight is 227 g/mol. The highest BCUT2D eigenvalue weighted by molar-refractivity contribution is 4.89. The molecule has 2 aliphatic rings. The molecule has 1 aliphatic carbocycles. The van der Waals surface area contributed by atoms with Crippen LogP contribution >= 0.6 is 0 Å². The molecule has 4 heteroatoms. The molecule has 1 heterocycles. The highest BCUT2D eigenvalue weighted by Gasteiger charge is 2.32. The van der Waals surface area contributed by atoms with Gasteiger partial charge in [0.1, 0.15) is 0 Å². The topological polar surface area (TPSA) is 27.7 Å². The van der Waals surface area contributed by atoms with Crippen LogP contribution in [0.15, 0.2) is 0 Å². The summed E-state index contributed by atoms with van der Waals surface area (Å²) in [5.41, 5.74) is 0. The molecule has 0 aromatic rings. The molecule has 1 N–H and O–H groups in total. The maximum atomic E-state index is 5.30. The Morgan fingerprint density at radius 1 is 1.25 bits per heavy atom. The van der Waals surface area contributed by atoms with Crippen molar-refractivity contribution in [3.8, 4) is 0 Å². The zero-order valence-electron chi connectivity index (χ0n) is 10.6. The summed E-state index contributed by atoms with van der Waals surface area (Å²) in [5.74, 6) is 0. The van der Waals surface area contributed by atoms with Crippen molar-refractivity contribution in [2.24, 2.45) is 0 Å². The van der Waals surface area contributed by atoms with E-state index in [1.54, 1.807) is 7.11 Å². The number of hydrogen-bond acceptors (Lipinski definition) is 4. The second-order valence-corrected chi connectivity index (χ2v) is 4.97. The van der Waals surface area contributed by atoms with Gasteiger partial charge >= 0.3 is 0 Å². The largest absolute Gasteiger partial charge is 0.383 e. The molecule has 1 saturated carbocycles. The summed E-state index contributed by atoms with van der Waals surface area (Å²) < 4.78 is 5.30. The minimum atomic E-state index is 0.538. The summed E-state index contributed by atoms with van der Waals surface area (Å²) in [7, 11) is 3.81. The minimum absolute atomic E-state index is 0.538. The molecule has 2 fully saturated rings. The van der Waals surface area contributed by atoms with Crippen LogP contribution in [0.5, 0.6) is 0 Å². The van der Waals surface area contributed by atoms with E-state index in [-0.39, 0.29) is 0 Å². The molecule has 94 valence electrons. The molecule has 0 aromatic carbocycles. The summed E-state index contributed by atoms with van der Waals surface area (Å²) in [5, 5.41) is 3.26. The van der Waals surface area contributed by atoms with E-state index in [0.29, 0.717) is 6.04 Å². The number of rotatable bonds is 6. The van der Waals surface area contributed by atoms with E-state index in [0.717, 1.165) is 19.2 Å². The molecule has 1 atom stereocenters. The van der Waals surface area contributed by atoms with Crippen molar-refractivity contribution in [2.45, 2.75) is 24.9 Å². The summed E-state index contributed by atoms with van der Waals surface area (Å²) in [4.78, 5) is 5.22. The fourth-order valence-electron chi connectivity index (χ4n) is 2.63. The molecule has 0 aromatic heterocycles. The molecule has 16 heavy (non-hydrogen) atoms. The van der Waals surface area contributed by atoms with Crippen LogP contribution < -0.4 is 5.32 Å². The predicted octanol–water partition coefficient (Wildman–Crippen LogP) is 0.000800. The standard InChI is InChI=1S/C12H25N3O/c1-13-9-12(10-16-2)15-7-5-14(6-8-15)11-3-4-11/h11-13H,3-10H2,1-2H3. The summed E-state index contributed by atoms with van der Waals surface area (Å²) in [6.07, 6.45) is 2.86. The van der Waals surface area contributed by atoms with Gasteiger partial charge in [-0.25, -0.2) is 0 Å². The van der Waals surface area contributed by atoms with Crippen molar-refractivity contribution in [1.82, 2.24) is 15.1 Å². The Balaban J connectivity index is 1.75. The third-order valence-electron chi connectivity index (χ3n) is 3.73. The Hall–Kier alpha value is -0.160. The Morgan fingerprint density at radius 2 is 1.94 bits per heavy atom. The van der Waals surface area contributed by atoms with Gasteiger partial charge in [-0.05, 0) is 19.9 Å². The number of nitrogens with zero attached hydrogens (tertiary/aromatic N) is 2. The van der Waals surface area contributed by atoms with Gasteiger partial charge in [0.05, 0.1) is 6.61 Å². The van der Waals surface area contributed by atoms with Crippen molar-refractivity contribution in [2.75, 3.05) is 53.5 Å². The smallest absolute Gasteiger partial charge is 0.0630 e. The fourth-order valence-corrected chi connectivity index (χ4v) is 2.63. The lowest BCUT2D eigenvalue weighted by Gasteiger charge is -2.39. The van der Waals surface area contributed by atoms with Crippen LogP contribution in [0, 0.1) is 0 Å². The average Bonchev–Trinajstić information content (AvgIpc) is 3.13. The highest BCUT2D eigenvalue weighted by Crippen LogP contribution is 2.27. The van der Waals surface area contributed by atoms with Crippen molar-refractivity contribution < 1.29 is 4.74 Å². The lowest BCUT2D eigenvalue weighted by Crippen LogP contribution is -2.54. The van der Waals surface area contributed by atoms with Crippen LogP contribution in [-0.2, 0) is 4.74 Å². The first kappa shape index (κ1) is 12.3. The predicted molar refractivity (Wildman–Crippen MR) is 65.8 cm³/mol. The van der Waals surface area contributed by atoms with Gasteiger partial charge in [-0.1, -0.05) is 0 Å². The van der Waals surface area contributed by atoms with Gasteiger partial charge in [0, 0.05) is 51.9 Å². The molecular formula is C12H25N3O. The number of nitrogens with one attached hydrogen (secondary N) is 1. The third-order valence-corrected chi connectivity index (χ3v) is 3.73. The van der Waals surface area contributed by atoms with E-state index in [2.05, 4.69) is 15.1 Å². The van der Waals surface area contributed by atoms with Crippen LogP contribution in [0.25, 0.3) is 0 Å². The molecule has 0 spiro atoms. The van der Waals surface area contributed by atoms with Crippen molar-refractivity contribution in [3.63, 3.8) is 0 Å². The van der Waals surface area contributed by atoms with E-state index in [1.165, 1.54) is 39.0 Å². The summed E-state index contributed by atoms with van der Waals surface area (Å²) in [6.45, 7) is 6.75. The number of likely N-dealkylation sites (N-methyl/N-ethyl adjacent to an activating group) is 1. The normalized spacial score (nSPS) is 25.9. The molecule has 1 saturated heterocycles. The summed E-state index contributed by atoms with van der Waals surface area (Å²) >= 11 is 0. The Labute approximate surface area is 98.9 Å². The third kappa shape index (κ3) is 3.17. The van der Waals surface area contributed by atoms with E-state index in [4.69, 9.17) is 4.74 Å². The molecule has 0 amide bonds. The van der Waals surface area contributed by atoms with Crippen LogP contribution in [0.1, 0.15) is 12.8 Å². The molecular weight excluding hydrogens is 202 g/mol.